The summed E-state index contributed by atoms with van der Waals surface area (Å²) in [5, 5.41) is 9.04. The summed E-state index contributed by atoms with van der Waals surface area (Å²) < 4.78 is 11.4. The topological polar surface area (TPSA) is 81.3 Å². The van der Waals surface area contributed by atoms with Crippen molar-refractivity contribution in [1.82, 2.24) is 4.57 Å². The van der Waals surface area contributed by atoms with E-state index in [9.17, 15) is 9.59 Å². The van der Waals surface area contributed by atoms with E-state index in [1.165, 1.54) is 17.7 Å². The Morgan fingerprint density at radius 2 is 2.00 bits per heavy atom. The van der Waals surface area contributed by atoms with Crippen molar-refractivity contribution in [3.8, 4) is 23.1 Å². The molecule has 0 saturated carbocycles. The van der Waals surface area contributed by atoms with Crippen LogP contribution in [-0.4, -0.2) is 24.3 Å². The van der Waals surface area contributed by atoms with Crippen molar-refractivity contribution in [1.29, 1.82) is 5.26 Å². The Bertz CT molecular complexity index is 818. The molecular formula is C17H16N2O4. The van der Waals surface area contributed by atoms with Crippen molar-refractivity contribution in [3.63, 3.8) is 0 Å². The van der Waals surface area contributed by atoms with Crippen LogP contribution in [0.1, 0.15) is 12.5 Å². The van der Waals surface area contributed by atoms with Crippen LogP contribution in [0.3, 0.4) is 0 Å². The second-order valence-corrected chi connectivity index (χ2v) is 4.64. The Balaban J connectivity index is 2.64. The Morgan fingerprint density at radius 1 is 1.26 bits per heavy atom. The number of hydrogen-bond donors (Lipinski definition) is 0. The summed E-state index contributed by atoms with van der Waals surface area (Å²) in [6, 6.07) is 12.0. The van der Waals surface area contributed by atoms with Crippen LogP contribution in [-0.2, 0) is 16.1 Å². The van der Waals surface area contributed by atoms with Gasteiger partial charge in [-0.15, -0.1) is 0 Å². The number of ether oxygens (including phenoxy) is 2. The first kappa shape index (κ1) is 16.3. The van der Waals surface area contributed by atoms with Gasteiger partial charge in [0.15, 0.2) is 0 Å². The van der Waals surface area contributed by atoms with Crippen molar-refractivity contribution < 1.29 is 14.3 Å². The minimum absolute atomic E-state index is 0.0343. The average Bonchev–Trinajstić information content (AvgIpc) is 2.57. The third kappa shape index (κ3) is 3.40. The van der Waals surface area contributed by atoms with Gasteiger partial charge in [-0.3, -0.25) is 14.2 Å². The van der Waals surface area contributed by atoms with Crippen LogP contribution in [0.4, 0.5) is 0 Å². The number of hydrogen-bond acceptors (Lipinski definition) is 5. The summed E-state index contributed by atoms with van der Waals surface area (Å²) >= 11 is 0. The molecule has 0 bridgehead atoms. The molecule has 2 aromatic rings. The number of methoxy groups -OCH3 is 1. The molecule has 0 spiro atoms. The molecule has 23 heavy (non-hydrogen) atoms. The van der Waals surface area contributed by atoms with Crippen LogP contribution >= 0.6 is 0 Å². The standard InChI is InChI=1S/C17H16N2O4/c1-3-23-16(20)11-19-14(9-8-12(10-18)17(19)21)13-6-4-5-7-15(13)22-2/h4-9H,3,11H2,1-2H3. The van der Waals surface area contributed by atoms with Crippen LogP contribution in [0.2, 0.25) is 0 Å². The predicted molar refractivity (Wildman–Crippen MR) is 84.0 cm³/mol. The maximum atomic E-state index is 12.4. The van der Waals surface area contributed by atoms with Gasteiger partial charge in [0.2, 0.25) is 0 Å². The Morgan fingerprint density at radius 3 is 2.65 bits per heavy atom. The lowest BCUT2D eigenvalue weighted by molar-refractivity contribution is -0.143. The van der Waals surface area contributed by atoms with Crippen LogP contribution in [0.25, 0.3) is 11.3 Å². The third-order valence-corrected chi connectivity index (χ3v) is 3.27. The normalized spacial score (nSPS) is 9.96. The number of nitrogens with zero attached hydrogens (tertiary/aromatic N) is 2. The number of para-hydroxylation sites is 1. The summed E-state index contributed by atoms with van der Waals surface area (Å²) in [6.45, 7) is 1.64. The molecule has 6 heteroatoms. The summed E-state index contributed by atoms with van der Waals surface area (Å²) in [4.78, 5) is 24.2. The van der Waals surface area contributed by atoms with E-state index in [-0.39, 0.29) is 18.7 Å². The Hall–Kier alpha value is -3.07. The molecule has 0 amide bonds. The van der Waals surface area contributed by atoms with Crippen LogP contribution in [0.15, 0.2) is 41.2 Å². The summed E-state index contributed by atoms with van der Waals surface area (Å²) in [6.07, 6.45) is 0. The van der Waals surface area contributed by atoms with Gasteiger partial charge >= 0.3 is 5.97 Å². The maximum absolute atomic E-state index is 12.4. The van der Waals surface area contributed by atoms with Gasteiger partial charge in [0.05, 0.1) is 19.4 Å². The number of benzene rings is 1. The molecular weight excluding hydrogens is 296 g/mol. The Labute approximate surface area is 133 Å². The number of aromatic nitrogens is 1. The van der Waals surface area contributed by atoms with Crippen LogP contribution in [0, 0.1) is 11.3 Å². The molecule has 0 aliphatic heterocycles. The second-order valence-electron chi connectivity index (χ2n) is 4.64. The number of carbonyl (C=O) groups is 1. The van der Waals surface area contributed by atoms with Crippen molar-refractivity contribution in [2.75, 3.05) is 13.7 Å². The van der Waals surface area contributed by atoms with Crippen molar-refractivity contribution >= 4 is 5.97 Å². The molecule has 0 aliphatic carbocycles. The number of nitriles is 1. The van der Waals surface area contributed by atoms with Crippen molar-refractivity contribution in [3.05, 3.63) is 52.3 Å². The summed E-state index contributed by atoms with van der Waals surface area (Å²) in [5.41, 5.74) is 0.567. The zero-order valence-corrected chi connectivity index (χ0v) is 12.9. The van der Waals surface area contributed by atoms with Gasteiger partial charge in [-0.1, -0.05) is 12.1 Å². The molecule has 1 heterocycles. The highest BCUT2D eigenvalue weighted by molar-refractivity contribution is 5.73. The molecule has 2 rings (SSSR count). The van der Waals surface area contributed by atoms with Gasteiger partial charge in [0.1, 0.15) is 23.9 Å². The molecule has 0 unspecified atom stereocenters. The van der Waals surface area contributed by atoms with E-state index in [1.54, 1.807) is 37.3 Å². The third-order valence-electron chi connectivity index (χ3n) is 3.27. The average molecular weight is 312 g/mol. The quantitative estimate of drug-likeness (QED) is 0.788. The van der Waals surface area contributed by atoms with Crippen LogP contribution < -0.4 is 10.3 Å². The van der Waals surface area contributed by atoms with Gasteiger partial charge in [0.25, 0.3) is 5.56 Å². The lowest BCUT2D eigenvalue weighted by Crippen LogP contribution is -2.28. The van der Waals surface area contributed by atoms with E-state index < -0.39 is 11.5 Å². The first-order valence-corrected chi connectivity index (χ1v) is 7.05. The molecule has 0 aliphatic rings. The van der Waals surface area contributed by atoms with Gasteiger partial charge in [-0.25, -0.2) is 0 Å². The molecule has 1 aromatic heterocycles. The second kappa shape index (κ2) is 7.27. The lowest BCUT2D eigenvalue weighted by Gasteiger charge is -2.15. The number of rotatable bonds is 5. The van der Waals surface area contributed by atoms with E-state index in [0.29, 0.717) is 17.0 Å². The van der Waals surface area contributed by atoms with E-state index in [4.69, 9.17) is 14.7 Å². The molecule has 6 nitrogen and oxygen atoms in total. The number of pyridine rings is 1. The maximum Gasteiger partial charge on any atom is 0.326 e. The zero-order valence-electron chi connectivity index (χ0n) is 12.9. The smallest absolute Gasteiger partial charge is 0.326 e. The number of carbonyl (C=O) groups excluding carboxylic acids is 1. The lowest BCUT2D eigenvalue weighted by atomic mass is 10.1. The van der Waals surface area contributed by atoms with Crippen LogP contribution in [0.5, 0.6) is 5.75 Å². The molecule has 1 aromatic carbocycles. The molecule has 0 saturated heterocycles. The summed E-state index contributed by atoms with van der Waals surface area (Å²) in [7, 11) is 1.52. The summed E-state index contributed by atoms with van der Waals surface area (Å²) in [5.74, 6) is 0.0232. The van der Waals surface area contributed by atoms with E-state index >= 15 is 0 Å². The molecule has 0 radical (unpaired) electrons. The fourth-order valence-electron chi connectivity index (χ4n) is 2.25. The minimum atomic E-state index is -0.541. The highest BCUT2D eigenvalue weighted by Crippen LogP contribution is 2.28. The molecule has 0 N–H and O–H groups in total. The first-order chi connectivity index (χ1) is 11.1. The van der Waals surface area contributed by atoms with E-state index in [1.807, 2.05) is 6.07 Å². The van der Waals surface area contributed by atoms with Gasteiger partial charge in [-0.2, -0.15) is 5.26 Å². The monoisotopic (exact) mass is 312 g/mol. The highest BCUT2D eigenvalue weighted by Gasteiger charge is 2.16. The highest BCUT2D eigenvalue weighted by atomic mass is 16.5. The fraction of sp³-hybridized carbons (Fsp3) is 0.235. The van der Waals surface area contributed by atoms with Gasteiger partial charge in [-0.05, 0) is 31.2 Å². The Kier molecular flexibility index (Phi) is 5.15. The number of esters is 1. The minimum Gasteiger partial charge on any atom is -0.496 e. The van der Waals surface area contributed by atoms with Gasteiger partial charge in [0, 0.05) is 5.56 Å². The largest absolute Gasteiger partial charge is 0.496 e. The molecule has 0 atom stereocenters. The van der Waals surface area contributed by atoms with Crippen molar-refractivity contribution in [2.45, 2.75) is 13.5 Å². The predicted octanol–water partition coefficient (Wildman–Crippen LogP) is 1.96. The van der Waals surface area contributed by atoms with E-state index in [0.717, 1.165) is 0 Å². The SMILES string of the molecule is CCOC(=O)Cn1c(-c2ccccc2OC)ccc(C#N)c1=O. The fourth-order valence-corrected chi connectivity index (χ4v) is 2.25. The first-order valence-electron chi connectivity index (χ1n) is 7.05. The molecule has 0 fully saturated rings. The molecule has 118 valence electrons. The van der Waals surface area contributed by atoms with Crippen molar-refractivity contribution in [2.24, 2.45) is 0 Å². The van der Waals surface area contributed by atoms with Gasteiger partial charge < -0.3 is 9.47 Å². The zero-order chi connectivity index (χ0) is 16.8. The van der Waals surface area contributed by atoms with E-state index in [2.05, 4.69) is 0 Å².